The minimum atomic E-state index is -0.787. The van der Waals surface area contributed by atoms with Crippen molar-refractivity contribution in [3.8, 4) is 22.6 Å². The molecule has 0 spiro atoms. The van der Waals surface area contributed by atoms with Crippen LogP contribution in [0, 0.1) is 5.82 Å². The van der Waals surface area contributed by atoms with Gasteiger partial charge in [0.25, 0.3) is 0 Å². The van der Waals surface area contributed by atoms with Gasteiger partial charge in [0.15, 0.2) is 0 Å². The van der Waals surface area contributed by atoms with Gasteiger partial charge in [-0.1, -0.05) is 70.9 Å². The number of carboxylic acid groups (broad SMARTS) is 1. The Morgan fingerprint density at radius 1 is 1.00 bits per heavy atom. The fraction of sp³-hybridized carbons (Fsp3) is 0.387. The minimum Gasteiger partial charge on any atom is -0.497 e. The van der Waals surface area contributed by atoms with Gasteiger partial charge in [-0.05, 0) is 70.3 Å². The Balaban J connectivity index is 1.85. The SMILES string of the molecule is CCCC[C@@H](CC(=O)O)c1cccc(OCc2ccc(-c3cc(OC)ccc3F)c(C(C)(C)C)c2)c1. The Bertz CT molecular complexity index is 1180. The van der Waals surface area contributed by atoms with Crippen LogP contribution < -0.4 is 9.47 Å². The molecule has 0 unspecified atom stereocenters. The average Bonchev–Trinajstić information content (AvgIpc) is 2.85. The second-order valence-corrected chi connectivity index (χ2v) is 10.3. The fourth-order valence-electron chi connectivity index (χ4n) is 4.45. The molecule has 0 aliphatic carbocycles. The molecule has 0 heterocycles. The molecule has 1 N–H and O–H groups in total. The molecule has 3 rings (SSSR count). The smallest absolute Gasteiger partial charge is 0.303 e. The highest BCUT2D eigenvalue weighted by atomic mass is 19.1. The number of halogens is 1. The molecule has 0 saturated heterocycles. The van der Waals surface area contributed by atoms with Gasteiger partial charge in [-0.2, -0.15) is 0 Å². The summed E-state index contributed by atoms with van der Waals surface area (Å²) >= 11 is 0. The predicted octanol–water partition coefficient (Wildman–Crippen LogP) is 8.13. The van der Waals surface area contributed by atoms with E-state index in [1.165, 1.54) is 6.07 Å². The maximum Gasteiger partial charge on any atom is 0.303 e. The summed E-state index contributed by atoms with van der Waals surface area (Å²) in [5, 5.41) is 9.35. The molecule has 0 fully saturated rings. The third-order valence-corrected chi connectivity index (χ3v) is 6.42. The first kappa shape index (κ1) is 27.3. The van der Waals surface area contributed by atoms with Gasteiger partial charge in [0.05, 0.1) is 13.5 Å². The van der Waals surface area contributed by atoms with Crippen molar-refractivity contribution in [2.24, 2.45) is 0 Å². The Labute approximate surface area is 214 Å². The van der Waals surface area contributed by atoms with Crippen molar-refractivity contribution in [2.45, 2.75) is 71.3 Å². The van der Waals surface area contributed by atoms with Crippen LogP contribution in [-0.4, -0.2) is 18.2 Å². The van der Waals surface area contributed by atoms with Crippen LogP contribution >= 0.6 is 0 Å². The van der Waals surface area contributed by atoms with E-state index >= 15 is 0 Å². The Morgan fingerprint density at radius 3 is 2.44 bits per heavy atom. The summed E-state index contributed by atoms with van der Waals surface area (Å²) in [6.07, 6.45) is 2.96. The fourth-order valence-corrected chi connectivity index (χ4v) is 4.45. The lowest BCUT2D eigenvalue weighted by molar-refractivity contribution is -0.137. The van der Waals surface area contributed by atoms with E-state index in [0.717, 1.165) is 41.5 Å². The lowest BCUT2D eigenvalue weighted by Crippen LogP contribution is -2.14. The van der Waals surface area contributed by atoms with E-state index in [0.29, 0.717) is 23.7 Å². The van der Waals surface area contributed by atoms with E-state index in [1.54, 1.807) is 19.2 Å². The van der Waals surface area contributed by atoms with E-state index in [2.05, 4.69) is 33.8 Å². The molecule has 3 aromatic carbocycles. The molecule has 0 aliphatic rings. The molecule has 36 heavy (non-hydrogen) atoms. The lowest BCUT2D eigenvalue weighted by Gasteiger charge is -2.25. The van der Waals surface area contributed by atoms with E-state index in [9.17, 15) is 14.3 Å². The monoisotopic (exact) mass is 492 g/mol. The number of methoxy groups -OCH3 is 1. The van der Waals surface area contributed by atoms with Crippen LogP contribution in [0.15, 0.2) is 60.7 Å². The third kappa shape index (κ3) is 7.09. The molecular formula is C31H37FO4. The first-order valence-corrected chi connectivity index (χ1v) is 12.5. The van der Waals surface area contributed by atoms with Gasteiger partial charge in [0, 0.05) is 5.56 Å². The van der Waals surface area contributed by atoms with Crippen molar-refractivity contribution in [3.63, 3.8) is 0 Å². The van der Waals surface area contributed by atoms with Crippen LogP contribution in [0.1, 0.15) is 76.0 Å². The quantitative estimate of drug-likeness (QED) is 0.294. The minimum absolute atomic E-state index is 0.0319. The molecule has 0 bridgehead atoms. The van der Waals surface area contributed by atoms with E-state index in [-0.39, 0.29) is 23.6 Å². The summed E-state index contributed by atoms with van der Waals surface area (Å²) < 4.78 is 26.2. The Hall–Kier alpha value is -3.34. The van der Waals surface area contributed by atoms with Crippen LogP contribution in [0.2, 0.25) is 0 Å². The number of benzene rings is 3. The van der Waals surface area contributed by atoms with Crippen LogP contribution in [-0.2, 0) is 16.8 Å². The molecule has 5 heteroatoms. The number of carboxylic acids is 1. The largest absolute Gasteiger partial charge is 0.497 e. The van der Waals surface area contributed by atoms with E-state index in [4.69, 9.17) is 9.47 Å². The zero-order chi connectivity index (χ0) is 26.3. The second kappa shape index (κ2) is 12.1. The summed E-state index contributed by atoms with van der Waals surface area (Å²) in [6, 6.07) is 18.5. The van der Waals surface area contributed by atoms with E-state index < -0.39 is 5.97 Å². The zero-order valence-corrected chi connectivity index (χ0v) is 21.9. The van der Waals surface area contributed by atoms with Crippen molar-refractivity contribution in [3.05, 3.63) is 83.2 Å². The highest BCUT2D eigenvalue weighted by Gasteiger charge is 2.22. The van der Waals surface area contributed by atoms with E-state index in [1.807, 2.05) is 36.4 Å². The zero-order valence-electron chi connectivity index (χ0n) is 21.9. The molecule has 0 aromatic heterocycles. The number of hydrogen-bond acceptors (Lipinski definition) is 3. The highest BCUT2D eigenvalue weighted by Crippen LogP contribution is 2.37. The summed E-state index contributed by atoms with van der Waals surface area (Å²) in [5.41, 5.74) is 4.11. The van der Waals surface area contributed by atoms with Crippen LogP contribution in [0.25, 0.3) is 11.1 Å². The van der Waals surface area contributed by atoms with Crippen LogP contribution in [0.3, 0.4) is 0 Å². The van der Waals surface area contributed by atoms with Crippen molar-refractivity contribution >= 4 is 5.97 Å². The van der Waals surface area contributed by atoms with Crippen molar-refractivity contribution in [1.29, 1.82) is 0 Å². The maximum absolute atomic E-state index is 14.8. The van der Waals surface area contributed by atoms with Gasteiger partial charge in [-0.3, -0.25) is 4.79 Å². The average molecular weight is 493 g/mol. The summed E-state index contributed by atoms with van der Waals surface area (Å²) in [6.45, 7) is 8.79. The molecule has 0 aliphatic heterocycles. The Kier molecular flexibility index (Phi) is 9.14. The van der Waals surface area contributed by atoms with Gasteiger partial charge < -0.3 is 14.6 Å². The summed E-state index contributed by atoms with van der Waals surface area (Å²) in [5.74, 6) is 0.208. The lowest BCUT2D eigenvalue weighted by atomic mass is 9.81. The highest BCUT2D eigenvalue weighted by molar-refractivity contribution is 5.71. The third-order valence-electron chi connectivity index (χ3n) is 6.42. The number of carbonyl (C=O) groups is 1. The van der Waals surface area contributed by atoms with Gasteiger partial charge >= 0.3 is 5.97 Å². The van der Waals surface area contributed by atoms with Crippen molar-refractivity contribution in [1.82, 2.24) is 0 Å². The van der Waals surface area contributed by atoms with Gasteiger partial charge in [-0.25, -0.2) is 4.39 Å². The molecule has 0 saturated carbocycles. The first-order chi connectivity index (χ1) is 17.1. The number of unbranched alkanes of at least 4 members (excludes halogenated alkanes) is 1. The van der Waals surface area contributed by atoms with Gasteiger partial charge in [0.1, 0.15) is 23.9 Å². The number of rotatable bonds is 11. The maximum atomic E-state index is 14.8. The molecule has 192 valence electrons. The molecule has 0 amide bonds. The van der Waals surface area contributed by atoms with Crippen molar-refractivity contribution < 1.29 is 23.8 Å². The molecule has 1 atom stereocenters. The standard InChI is InChI=1S/C31H37FO4/c1-6-7-9-23(18-30(33)34)22-10-8-11-25(17-22)36-20-21-12-14-26(28(16-21)31(2,3)4)27-19-24(35-5)13-15-29(27)32/h8,10-17,19,23H,6-7,9,18,20H2,1-5H3,(H,33,34)/t23-/m0/s1. The normalized spacial score (nSPS) is 12.3. The number of aliphatic carboxylic acids is 1. The van der Waals surface area contributed by atoms with Crippen LogP contribution in [0.4, 0.5) is 4.39 Å². The Morgan fingerprint density at radius 2 is 1.78 bits per heavy atom. The van der Waals surface area contributed by atoms with Gasteiger partial charge in [-0.15, -0.1) is 0 Å². The predicted molar refractivity (Wildman–Crippen MR) is 142 cm³/mol. The van der Waals surface area contributed by atoms with Gasteiger partial charge in [0.2, 0.25) is 0 Å². The van der Waals surface area contributed by atoms with Crippen molar-refractivity contribution in [2.75, 3.05) is 7.11 Å². The second-order valence-electron chi connectivity index (χ2n) is 10.3. The molecule has 0 radical (unpaired) electrons. The molecule has 3 aromatic rings. The topological polar surface area (TPSA) is 55.8 Å². The first-order valence-electron chi connectivity index (χ1n) is 12.5. The summed E-state index contributed by atoms with van der Waals surface area (Å²) in [7, 11) is 1.57. The summed E-state index contributed by atoms with van der Waals surface area (Å²) in [4.78, 5) is 11.4. The van der Waals surface area contributed by atoms with Crippen LogP contribution in [0.5, 0.6) is 11.5 Å². The number of ether oxygens (including phenoxy) is 2. The molecule has 4 nitrogen and oxygen atoms in total. The molecular weight excluding hydrogens is 455 g/mol. The number of hydrogen-bond donors (Lipinski definition) is 1.